The number of primary amides is 1. The first-order valence-electron chi connectivity index (χ1n) is 9.53. The van der Waals surface area contributed by atoms with E-state index in [9.17, 15) is 9.59 Å². The van der Waals surface area contributed by atoms with Gasteiger partial charge in [-0.25, -0.2) is 4.68 Å². The molecule has 0 aliphatic carbocycles. The molecular formula is C22H22N4O3. The molecule has 7 heteroatoms. The molecule has 2 aromatic carbocycles. The van der Waals surface area contributed by atoms with Crippen molar-refractivity contribution in [1.82, 2.24) is 9.78 Å². The van der Waals surface area contributed by atoms with Crippen LogP contribution in [0.4, 0.5) is 5.82 Å². The number of carbonyl (C=O) groups is 2. The van der Waals surface area contributed by atoms with Crippen molar-refractivity contribution in [2.45, 2.75) is 25.7 Å². The monoisotopic (exact) mass is 390 g/mol. The van der Waals surface area contributed by atoms with Crippen LogP contribution in [-0.4, -0.2) is 28.2 Å². The smallest absolute Gasteiger partial charge is 0.255 e. The van der Waals surface area contributed by atoms with Crippen LogP contribution in [0.2, 0.25) is 0 Å². The number of aromatic nitrogens is 2. The number of amides is 2. The van der Waals surface area contributed by atoms with Gasteiger partial charge in [-0.15, -0.1) is 0 Å². The predicted octanol–water partition coefficient (Wildman–Crippen LogP) is 2.77. The lowest BCUT2D eigenvalue weighted by atomic mass is 9.87. The Hall–Kier alpha value is -3.61. The van der Waals surface area contributed by atoms with Gasteiger partial charge in [-0.1, -0.05) is 31.2 Å². The van der Waals surface area contributed by atoms with Crippen LogP contribution in [-0.2, 0) is 16.0 Å². The Kier molecular flexibility index (Phi) is 5.03. The minimum absolute atomic E-state index is 0.0523. The zero-order valence-electron chi connectivity index (χ0n) is 16.1. The number of anilines is 1. The summed E-state index contributed by atoms with van der Waals surface area (Å²) in [4.78, 5) is 23.3. The Balaban J connectivity index is 1.64. The second kappa shape index (κ2) is 7.79. The fourth-order valence-electron chi connectivity index (χ4n) is 3.54. The number of nitrogens with one attached hydrogen (secondary N) is 1. The normalized spacial score (nSPS) is 15.5. The largest absolute Gasteiger partial charge is 0.484 e. The van der Waals surface area contributed by atoms with Crippen LogP contribution >= 0.6 is 0 Å². The van der Waals surface area contributed by atoms with E-state index in [2.05, 4.69) is 29.5 Å². The molecule has 0 radical (unpaired) electrons. The second-order valence-corrected chi connectivity index (χ2v) is 7.01. The van der Waals surface area contributed by atoms with E-state index in [0.29, 0.717) is 18.0 Å². The molecule has 148 valence electrons. The van der Waals surface area contributed by atoms with Crippen molar-refractivity contribution in [3.63, 3.8) is 0 Å². The van der Waals surface area contributed by atoms with Crippen molar-refractivity contribution in [3.8, 4) is 11.4 Å². The molecule has 3 aromatic rings. The third-order valence-corrected chi connectivity index (χ3v) is 5.07. The summed E-state index contributed by atoms with van der Waals surface area (Å²) in [6, 6.07) is 15.5. The molecule has 1 aliphatic rings. The molecule has 7 nitrogen and oxygen atoms in total. The van der Waals surface area contributed by atoms with E-state index in [1.54, 1.807) is 16.8 Å². The second-order valence-electron chi connectivity index (χ2n) is 7.01. The number of hydrogen-bond donors (Lipinski definition) is 2. The van der Waals surface area contributed by atoms with E-state index >= 15 is 0 Å². The van der Waals surface area contributed by atoms with E-state index < -0.39 is 5.91 Å². The summed E-state index contributed by atoms with van der Waals surface area (Å²) in [7, 11) is 0. The van der Waals surface area contributed by atoms with Crippen molar-refractivity contribution in [1.29, 1.82) is 0 Å². The summed E-state index contributed by atoms with van der Waals surface area (Å²) < 4.78 is 7.08. The Bertz CT molecular complexity index is 1040. The quantitative estimate of drug-likeness (QED) is 0.676. The highest BCUT2D eigenvalue weighted by molar-refractivity contribution is 5.94. The van der Waals surface area contributed by atoms with Gasteiger partial charge < -0.3 is 15.8 Å². The van der Waals surface area contributed by atoms with Crippen LogP contribution in [0.5, 0.6) is 5.75 Å². The Morgan fingerprint density at radius 3 is 2.59 bits per heavy atom. The van der Waals surface area contributed by atoms with E-state index in [1.807, 2.05) is 30.5 Å². The van der Waals surface area contributed by atoms with Crippen LogP contribution in [0.15, 0.2) is 54.7 Å². The number of carbonyl (C=O) groups excluding carboxylic acids is 2. The van der Waals surface area contributed by atoms with Gasteiger partial charge in [0.15, 0.2) is 6.61 Å². The number of benzene rings is 2. The van der Waals surface area contributed by atoms with Crippen LogP contribution in [0.3, 0.4) is 0 Å². The topological polar surface area (TPSA) is 99.2 Å². The molecular weight excluding hydrogens is 368 g/mol. The van der Waals surface area contributed by atoms with Gasteiger partial charge >= 0.3 is 0 Å². The highest BCUT2D eigenvalue weighted by Gasteiger charge is 2.30. The standard InChI is InChI=1S/C22H22N4O3/c1-2-14-3-7-16(8-4-14)26-22-19(12-24-26)18(11-21(28)25-22)15-5-9-17(10-6-15)29-13-20(23)27/h3-10,12,18H,2,11,13H2,1H3,(H2,23,27)(H,25,28). The fourth-order valence-corrected chi connectivity index (χ4v) is 3.54. The van der Waals surface area contributed by atoms with Gasteiger partial charge in [-0.2, -0.15) is 5.10 Å². The molecule has 2 heterocycles. The van der Waals surface area contributed by atoms with Crippen molar-refractivity contribution >= 4 is 17.6 Å². The number of rotatable bonds is 6. The van der Waals surface area contributed by atoms with Gasteiger partial charge in [0.05, 0.1) is 11.9 Å². The third kappa shape index (κ3) is 3.85. The summed E-state index contributed by atoms with van der Waals surface area (Å²) in [5.74, 6) is 0.572. The summed E-state index contributed by atoms with van der Waals surface area (Å²) in [6.45, 7) is 1.94. The number of ether oxygens (including phenoxy) is 1. The van der Waals surface area contributed by atoms with Crippen LogP contribution in [0, 0.1) is 0 Å². The zero-order valence-corrected chi connectivity index (χ0v) is 16.1. The first kappa shape index (κ1) is 18.7. The van der Waals surface area contributed by atoms with Gasteiger partial charge in [-0.05, 0) is 41.8 Å². The maximum atomic E-state index is 12.4. The van der Waals surface area contributed by atoms with Gasteiger partial charge in [0, 0.05) is 17.9 Å². The van der Waals surface area contributed by atoms with Crippen molar-refractivity contribution in [2.75, 3.05) is 11.9 Å². The fraction of sp³-hybridized carbons (Fsp3) is 0.227. The molecule has 0 fully saturated rings. The number of hydrogen-bond acceptors (Lipinski definition) is 4. The summed E-state index contributed by atoms with van der Waals surface area (Å²) in [5.41, 5.74) is 9.20. The van der Waals surface area contributed by atoms with E-state index in [-0.39, 0.29) is 18.4 Å². The van der Waals surface area contributed by atoms with Crippen molar-refractivity contribution in [3.05, 3.63) is 71.4 Å². The minimum Gasteiger partial charge on any atom is -0.484 e. The van der Waals surface area contributed by atoms with E-state index in [4.69, 9.17) is 10.5 Å². The Morgan fingerprint density at radius 2 is 1.93 bits per heavy atom. The van der Waals surface area contributed by atoms with Gasteiger partial charge in [0.1, 0.15) is 11.6 Å². The Morgan fingerprint density at radius 1 is 1.21 bits per heavy atom. The number of nitrogens with two attached hydrogens (primary N) is 1. The SMILES string of the molecule is CCc1ccc(-n2ncc3c2NC(=O)CC3c2ccc(OCC(N)=O)cc2)cc1. The first-order chi connectivity index (χ1) is 14.0. The summed E-state index contributed by atoms with van der Waals surface area (Å²) in [5, 5.41) is 7.49. The molecule has 2 amide bonds. The average molecular weight is 390 g/mol. The lowest BCUT2D eigenvalue weighted by Crippen LogP contribution is -2.24. The van der Waals surface area contributed by atoms with Crippen LogP contribution in [0.1, 0.15) is 36.0 Å². The van der Waals surface area contributed by atoms with Gasteiger partial charge in [-0.3, -0.25) is 9.59 Å². The lowest BCUT2D eigenvalue weighted by molar-refractivity contribution is -0.120. The van der Waals surface area contributed by atoms with Crippen molar-refractivity contribution in [2.24, 2.45) is 5.73 Å². The number of nitrogens with zero attached hydrogens (tertiary/aromatic N) is 2. The highest BCUT2D eigenvalue weighted by Crippen LogP contribution is 2.38. The molecule has 1 aliphatic heterocycles. The third-order valence-electron chi connectivity index (χ3n) is 5.07. The Labute approximate surface area is 168 Å². The molecule has 0 saturated heterocycles. The average Bonchev–Trinajstić information content (AvgIpc) is 3.16. The predicted molar refractivity (Wildman–Crippen MR) is 109 cm³/mol. The van der Waals surface area contributed by atoms with Crippen LogP contribution < -0.4 is 15.8 Å². The molecule has 0 bridgehead atoms. The molecule has 0 spiro atoms. The molecule has 29 heavy (non-hydrogen) atoms. The van der Waals surface area contributed by atoms with E-state index in [1.165, 1.54) is 5.56 Å². The molecule has 1 aromatic heterocycles. The van der Waals surface area contributed by atoms with Crippen molar-refractivity contribution < 1.29 is 14.3 Å². The van der Waals surface area contributed by atoms with Crippen LogP contribution in [0.25, 0.3) is 5.69 Å². The first-order valence-corrected chi connectivity index (χ1v) is 9.53. The molecule has 3 N–H and O–H groups in total. The van der Waals surface area contributed by atoms with E-state index in [0.717, 1.165) is 23.2 Å². The lowest BCUT2D eigenvalue weighted by Gasteiger charge is -2.24. The summed E-state index contributed by atoms with van der Waals surface area (Å²) >= 11 is 0. The summed E-state index contributed by atoms with van der Waals surface area (Å²) in [6.07, 6.45) is 3.12. The number of fused-ring (bicyclic) bond motifs is 1. The van der Waals surface area contributed by atoms with Gasteiger partial charge in [0.2, 0.25) is 5.91 Å². The highest BCUT2D eigenvalue weighted by atomic mass is 16.5. The number of aryl methyl sites for hydroxylation is 1. The molecule has 1 atom stereocenters. The zero-order chi connectivity index (χ0) is 20.4. The molecule has 1 unspecified atom stereocenters. The van der Waals surface area contributed by atoms with Gasteiger partial charge in [0.25, 0.3) is 5.91 Å². The maximum Gasteiger partial charge on any atom is 0.255 e. The maximum absolute atomic E-state index is 12.4. The minimum atomic E-state index is -0.526. The molecule has 4 rings (SSSR count). The molecule has 0 saturated carbocycles.